The second kappa shape index (κ2) is 7.63. The van der Waals surface area contributed by atoms with Gasteiger partial charge in [0.05, 0.1) is 17.8 Å². The van der Waals surface area contributed by atoms with Crippen molar-refractivity contribution in [2.75, 3.05) is 25.0 Å². The van der Waals surface area contributed by atoms with Crippen molar-refractivity contribution >= 4 is 11.5 Å². The highest BCUT2D eigenvalue weighted by Crippen LogP contribution is 2.29. The lowest BCUT2D eigenvalue weighted by molar-refractivity contribution is -0.137. The molecule has 1 aromatic heterocycles. The average molecular weight is 365 g/mol. The average Bonchev–Trinajstić information content (AvgIpc) is 2.64. The molecule has 1 fully saturated rings. The number of hydrogen-bond acceptors (Lipinski definition) is 4. The highest BCUT2D eigenvalue weighted by Gasteiger charge is 2.32. The molecule has 0 spiro atoms. The van der Waals surface area contributed by atoms with Gasteiger partial charge in [-0.25, -0.2) is 4.98 Å². The topological polar surface area (TPSA) is 46.2 Å². The van der Waals surface area contributed by atoms with E-state index in [9.17, 15) is 13.2 Å². The summed E-state index contributed by atoms with van der Waals surface area (Å²) in [6.07, 6.45) is -1.81. The second-order valence-corrected chi connectivity index (χ2v) is 6.49. The van der Waals surface area contributed by atoms with Crippen LogP contribution >= 0.6 is 0 Å². The van der Waals surface area contributed by atoms with Crippen molar-refractivity contribution in [3.8, 4) is 0 Å². The number of anilines is 2. The van der Waals surface area contributed by atoms with Gasteiger partial charge in [-0.05, 0) is 36.2 Å². The van der Waals surface area contributed by atoms with Crippen LogP contribution in [0.15, 0.2) is 42.6 Å². The summed E-state index contributed by atoms with van der Waals surface area (Å²) >= 11 is 0. The Hall–Kier alpha value is -2.12. The Morgan fingerprint density at radius 1 is 1.19 bits per heavy atom. The van der Waals surface area contributed by atoms with Gasteiger partial charge in [-0.2, -0.15) is 13.2 Å². The fourth-order valence-corrected chi connectivity index (χ4v) is 3.03. The van der Waals surface area contributed by atoms with Crippen molar-refractivity contribution in [1.29, 1.82) is 0 Å². The van der Waals surface area contributed by atoms with E-state index >= 15 is 0 Å². The minimum Gasteiger partial charge on any atom is -0.372 e. The van der Waals surface area contributed by atoms with Gasteiger partial charge in [0.25, 0.3) is 0 Å². The summed E-state index contributed by atoms with van der Waals surface area (Å²) in [5.74, 6) is 0.371. The molecule has 4 nitrogen and oxygen atoms in total. The molecule has 1 aliphatic heterocycles. The van der Waals surface area contributed by atoms with Crippen LogP contribution in [-0.2, 0) is 17.3 Å². The molecule has 1 atom stereocenters. The number of rotatable bonds is 5. The van der Waals surface area contributed by atoms with E-state index in [4.69, 9.17) is 4.74 Å². The summed E-state index contributed by atoms with van der Waals surface area (Å²) < 4.78 is 43.7. The molecule has 26 heavy (non-hydrogen) atoms. The van der Waals surface area contributed by atoms with Gasteiger partial charge in [-0.3, -0.25) is 0 Å². The van der Waals surface area contributed by atoms with E-state index in [1.807, 2.05) is 24.3 Å². The van der Waals surface area contributed by atoms with Crippen molar-refractivity contribution in [3.63, 3.8) is 0 Å². The number of benzene rings is 1. The molecule has 2 aromatic rings. The van der Waals surface area contributed by atoms with Gasteiger partial charge in [0.2, 0.25) is 0 Å². The monoisotopic (exact) mass is 365 g/mol. The van der Waals surface area contributed by atoms with Gasteiger partial charge in [0.15, 0.2) is 0 Å². The number of hydrogen-bond donors (Lipinski definition) is 2. The molecule has 0 amide bonds. The predicted octanol–water partition coefficient (Wildman–Crippen LogP) is 4.16. The second-order valence-electron chi connectivity index (χ2n) is 6.49. The maximum absolute atomic E-state index is 12.6. The Balaban J connectivity index is 1.64. The standard InChI is InChI=1S/C19H22F3N3O/c1-2-18(13-23-9-10-26-18)11-14-3-6-16(7-4-14)25-17-8-5-15(12-24-17)19(20,21)22/h3-8,12,23H,2,9-11,13H2,1H3,(H,24,25). The number of pyridine rings is 1. The van der Waals surface area contributed by atoms with Crippen LogP contribution in [0.5, 0.6) is 0 Å². The summed E-state index contributed by atoms with van der Waals surface area (Å²) in [6, 6.07) is 10.1. The lowest BCUT2D eigenvalue weighted by Gasteiger charge is -2.37. The lowest BCUT2D eigenvalue weighted by Crippen LogP contribution is -2.50. The fourth-order valence-electron chi connectivity index (χ4n) is 3.03. The van der Waals surface area contributed by atoms with Crippen LogP contribution in [0.3, 0.4) is 0 Å². The number of morpholine rings is 1. The van der Waals surface area contributed by atoms with Crippen molar-refractivity contribution < 1.29 is 17.9 Å². The van der Waals surface area contributed by atoms with Gasteiger partial charge in [-0.15, -0.1) is 0 Å². The largest absolute Gasteiger partial charge is 0.417 e. The van der Waals surface area contributed by atoms with E-state index in [2.05, 4.69) is 22.5 Å². The quantitative estimate of drug-likeness (QED) is 0.835. The Morgan fingerprint density at radius 2 is 1.96 bits per heavy atom. The molecule has 0 radical (unpaired) electrons. The molecule has 2 heterocycles. The number of alkyl halides is 3. The van der Waals surface area contributed by atoms with Crippen molar-refractivity contribution in [2.24, 2.45) is 0 Å². The molecular weight excluding hydrogens is 343 g/mol. The first kappa shape index (κ1) is 18.7. The van der Waals surface area contributed by atoms with Crippen LogP contribution in [0.25, 0.3) is 0 Å². The van der Waals surface area contributed by atoms with E-state index in [-0.39, 0.29) is 5.60 Å². The molecule has 1 saturated heterocycles. The van der Waals surface area contributed by atoms with E-state index in [0.29, 0.717) is 12.4 Å². The summed E-state index contributed by atoms with van der Waals surface area (Å²) in [5, 5.41) is 6.40. The number of nitrogens with one attached hydrogen (secondary N) is 2. The first-order chi connectivity index (χ1) is 12.4. The number of halogens is 3. The van der Waals surface area contributed by atoms with Crippen LogP contribution in [0.4, 0.5) is 24.7 Å². The van der Waals surface area contributed by atoms with Gasteiger partial charge in [-0.1, -0.05) is 19.1 Å². The van der Waals surface area contributed by atoms with Gasteiger partial charge in [0, 0.05) is 31.4 Å². The highest BCUT2D eigenvalue weighted by molar-refractivity contribution is 5.56. The zero-order valence-corrected chi connectivity index (χ0v) is 14.6. The van der Waals surface area contributed by atoms with Gasteiger partial charge in [0.1, 0.15) is 5.82 Å². The molecule has 2 N–H and O–H groups in total. The fraction of sp³-hybridized carbons (Fsp3) is 0.421. The van der Waals surface area contributed by atoms with Crippen molar-refractivity contribution in [1.82, 2.24) is 10.3 Å². The molecule has 1 unspecified atom stereocenters. The third-order valence-electron chi connectivity index (χ3n) is 4.62. The van der Waals surface area contributed by atoms with E-state index in [1.54, 1.807) is 0 Å². The molecule has 0 saturated carbocycles. The van der Waals surface area contributed by atoms with Gasteiger partial charge < -0.3 is 15.4 Å². The molecule has 1 aliphatic rings. The Labute approximate surface area is 150 Å². The van der Waals surface area contributed by atoms with Crippen LogP contribution in [-0.4, -0.2) is 30.3 Å². The van der Waals surface area contributed by atoms with E-state index < -0.39 is 11.7 Å². The molecule has 140 valence electrons. The summed E-state index contributed by atoms with van der Waals surface area (Å²) in [5.41, 5.74) is 0.988. The maximum Gasteiger partial charge on any atom is 0.417 e. The zero-order valence-electron chi connectivity index (χ0n) is 14.6. The summed E-state index contributed by atoms with van der Waals surface area (Å²) in [4.78, 5) is 3.82. The Morgan fingerprint density at radius 3 is 2.50 bits per heavy atom. The Bertz CT molecular complexity index is 708. The third kappa shape index (κ3) is 4.53. The molecule has 0 aliphatic carbocycles. The minimum absolute atomic E-state index is 0.178. The van der Waals surface area contributed by atoms with Crippen LogP contribution in [0, 0.1) is 0 Å². The van der Waals surface area contributed by atoms with Crippen molar-refractivity contribution in [3.05, 3.63) is 53.7 Å². The number of ether oxygens (including phenoxy) is 1. The molecular formula is C19H22F3N3O. The molecule has 1 aromatic carbocycles. The molecule has 7 heteroatoms. The number of nitrogens with zero attached hydrogens (tertiary/aromatic N) is 1. The predicted molar refractivity (Wildman–Crippen MR) is 94.5 cm³/mol. The number of aromatic nitrogens is 1. The highest BCUT2D eigenvalue weighted by atomic mass is 19.4. The van der Waals surface area contributed by atoms with Crippen LogP contribution in [0.1, 0.15) is 24.5 Å². The first-order valence-corrected chi connectivity index (χ1v) is 8.64. The normalized spacial score (nSPS) is 20.8. The van der Waals surface area contributed by atoms with Crippen LogP contribution < -0.4 is 10.6 Å². The van der Waals surface area contributed by atoms with E-state index in [0.717, 1.165) is 49.4 Å². The van der Waals surface area contributed by atoms with Crippen LogP contribution in [0.2, 0.25) is 0 Å². The minimum atomic E-state index is -4.38. The van der Waals surface area contributed by atoms with Gasteiger partial charge >= 0.3 is 6.18 Å². The molecule has 0 bridgehead atoms. The van der Waals surface area contributed by atoms with E-state index in [1.165, 1.54) is 6.07 Å². The summed E-state index contributed by atoms with van der Waals surface area (Å²) in [6.45, 7) is 4.55. The lowest BCUT2D eigenvalue weighted by atomic mass is 9.90. The first-order valence-electron chi connectivity index (χ1n) is 8.64. The zero-order chi connectivity index (χ0) is 18.6. The summed E-state index contributed by atoms with van der Waals surface area (Å²) in [7, 11) is 0. The smallest absolute Gasteiger partial charge is 0.372 e. The maximum atomic E-state index is 12.6. The third-order valence-corrected chi connectivity index (χ3v) is 4.62. The van der Waals surface area contributed by atoms with Crippen molar-refractivity contribution in [2.45, 2.75) is 31.5 Å². The molecule has 3 rings (SSSR count). The Kier molecular flexibility index (Phi) is 5.48. The SMILES string of the molecule is CCC1(Cc2ccc(Nc3ccc(C(F)(F)F)cn3)cc2)CNCCO1.